The number of thiol groups is 1. The molecule has 0 spiro atoms. The van der Waals surface area contributed by atoms with E-state index >= 15 is 0 Å². The standard InChI is InChI=1S/C7H8N2OS/c1-5(10)9-6-2-3-8-4-7(6)11/h2-4,11H,1H3,(H,8,9,10). The Labute approximate surface area is 70.2 Å². The number of hydrogen-bond donors (Lipinski definition) is 2. The Morgan fingerprint density at radius 3 is 3.00 bits per heavy atom. The van der Waals surface area contributed by atoms with Crippen molar-refractivity contribution in [3.05, 3.63) is 18.5 Å². The smallest absolute Gasteiger partial charge is 0.221 e. The zero-order chi connectivity index (χ0) is 8.27. The summed E-state index contributed by atoms with van der Waals surface area (Å²) in [6, 6.07) is 1.70. The highest BCUT2D eigenvalue weighted by Crippen LogP contribution is 2.16. The Kier molecular flexibility index (Phi) is 2.48. The highest BCUT2D eigenvalue weighted by Gasteiger charge is 1.97. The molecule has 0 bridgehead atoms. The Morgan fingerprint density at radius 2 is 2.45 bits per heavy atom. The van der Waals surface area contributed by atoms with Gasteiger partial charge >= 0.3 is 0 Å². The molecule has 0 saturated heterocycles. The van der Waals surface area contributed by atoms with Crippen molar-refractivity contribution in [2.24, 2.45) is 0 Å². The van der Waals surface area contributed by atoms with Crippen molar-refractivity contribution in [2.75, 3.05) is 5.32 Å². The first-order chi connectivity index (χ1) is 5.20. The van der Waals surface area contributed by atoms with E-state index in [-0.39, 0.29) is 5.91 Å². The second kappa shape index (κ2) is 3.39. The quantitative estimate of drug-likeness (QED) is 0.621. The van der Waals surface area contributed by atoms with Gasteiger partial charge in [-0.2, -0.15) is 0 Å². The molecule has 4 heteroatoms. The predicted octanol–water partition coefficient (Wildman–Crippen LogP) is 1.33. The van der Waals surface area contributed by atoms with Crippen molar-refractivity contribution in [2.45, 2.75) is 11.8 Å². The number of carbonyl (C=O) groups is 1. The first-order valence-corrected chi connectivity index (χ1v) is 3.55. The second-order valence-corrected chi connectivity index (χ2v) is 2.56. The summed E-state index contributed by atoms with van der Waals surface area (Å²) in [6.07, 6.45) is 3.18. The van der Waals surface area contributed by atoms with E-state index < -0.39 is 0 Å². The molecule has 0 unspecified atom stereocenters. The van der Waals surface area contributed by atoms with Gasteiger partial charge in [0.2, 0.25) is 5.91 Å². The second-order valence-electron chi connectivity index (χ2n) is 2.07. The van der Waals surface area contributed by atoms with E-state index in [4.69, 9.17) is 0 Å². The van der Waals surface area contributed by atoms with Gasteiger partial charge in [-0.25, -0.2) is 0 Å². The zero-order valence-electron chi connectivity index (χ0n) is 6.03. The number of rotatable bonds is 1. The van der Waals surface area contributed by atoms with Crippen molar-refractivity contribution >= 4 is 24.2 Å². The summed E-state index contributed by atoms with van der Waals surface area (Å²) in [7, 11) is 0. The third-order valence-corrected chi connectivity index (χ3v) is 1.47. The molecule has 0 radical (unpaired) electrons. The van der Waals surface area contributed by atoms with Crippen LogP contribution in [0.1, 0.15) is 6.92 Å². The highest BCUT2D eigenvalue weighted by atomic mass is 32.1. The maximum absolute atomic E-state index is 10.6. The molecule has 1 amide bonds. The lowest BCUT2D eigenvalue weighted by Crippen LogP contribution is -2.06. The number of nitrogens with zero attached hydrogens (tertiary/aromatic N) is 1. The molecular weight excluding hydrogens is 160 g/mol. The van der Waals surface area contributed by atoms with Gasteiger partial charge in [-0.05, 0) is 6.07 Å². The van der Waals surface area contributed by atoms with Crippen LogP contribution in [-0.2, 0) is 4.79 Å². The molecule has 0 aliphatic heterocycles. The van der Waals surface area contributed by atoms with Gasteiger partial charge in [0.15, 0.2) is 0 Å². The van der Waals surface area contributed by atoms with Crippen LogP contribution in [0.15, 0.2) is 23.4 Å². The van der Waals surface area contributed by atoms with Gasteiger partial charge in [-0.3, -0.25) is 9.78 Å². The van der Waals surface area contributed by atoms with Crippen LogP contribution in [-0.4, -0.2) is 10.9 Å². The van der Waals surface area contributed by atoms with E-state index in [1.807, 2.05) is 0 Å². The molecule has 58 valence electrons. The van der Waals surface area contributed by atoms with Gasteiger partial charge in [-0.15, -0.1) is 12.6 Å². The van der Waals surface area contributed by atoms with Gasteiger partial charge in [0.25, 0.3) is 0 Å². The van der Waals surface area contributed by atoms with Crippen molar-refractivity contribution in [1.82, 2.24) is 4.98 Å². The molecule has 0 atom stereocenters. The van der Waals surface area contributed by atoms with Crippen molar-refractivity contribution in [3.8, 4) is 0 Å². The fourth-order valence-electron chi connectivity index (χ4n) is 0.681. The lowest BCUT2D eigenvalue weighted by atomic mass is 10.4. The fraction of sp³-hybridized carbons (Fsp3) is 0.143. The molecule has 1 rings (SSSR count). The Hall–Kier alpha value is -1.03. The largest absolute Gasteiger partial charge is 0.325 e. The van der Waals surface area contributed by atoms with Gasteiger partial charge in [0.05, 0.1) is 5.69 Å². The Bertz CT molecular complexity index is 275. The summed E-state index contributed by atoms with van der Waals surface area (Å²) < 4.78 is 0. The summed E-state index contributed by atoms with van der Waals surface area (Å²) in [5.74, 6) is -0.105. The minimum atomic E-state index is -0.105. The topological polar surface area (TPSA) is 42.0 Å². The van der Waals surface area contributed by atoms with E-state index in [0.717, 1.165) is 0 Å². The third-order valence-electron chi connectivity index (χ3n) is 1.11. The molecule has 1 heterocycles. The molecular formula is C7H8N2OS. The maximum Gasteiger partial charge on any atom is 0.221 e. The van der Waals surface area contributed by atoms with Gasteiger partial charge in [0.1, 0.15) is 0 Å². The molecule has 0 aliphatic carbocycles. The van der Waals surface area contributed by atoms with Crippen molar-refractivity contribution in [3.63, 3.8) is 0 Å². The lowest BCUT2D eigenvalue weighted by molar-refractivity contribution is -0.114. The number of amides is 1. The average molecular weight is 168 g/mol. The van der Waals surface area contributed by atoms with Gasteiger partial charge < -0.3 is 5.32 Å². The minimum absolute atomic E-state index is 0.105. The third kappa shape index (κ3) is 2.23. The summed E-state index contributed by atoms with van der Waals surface area (Å²) in [4.78, 5) is 15.1. The summed E-state index contributed by atoms with van der Waals surface area (Å²) in [5.41, 5.74) is 0.691. The Morgan fingerprint density at radius 1 is 1.73 bits per heavy atom. The molecule has 3 nitrogen and oxygen atoms in total. The minimum Gasteiger partial charge on any atom is -0.325 e. The highest BCUT2D eigenvalue weighted by molar-refractivity contribution is 7.80. The maximum atomic E-state index is 10.6. The number of carbonyl (C=O) groups excluding carboxylic acids is 1. The molecule has 1 aromatic rings. The SMILES string of the molecule is CC(=O)Nc1ccncc1S. The van der Waals surface area contributed by atoms with Crippen LogP contribution in [0, 0.1) is 0 Å². The van der Waals surface area contributed by atoms with E-state index in [0.29, 0.717) is 10.6 Å². The number of aromatic nitrogens is 1. The first kappa shape index (κ1) is 8.07. The van der Waals surface area contributed by atoms with Crippen molar-refractivity contribution < 1.29 is 4.79 Å². The van der Waals surface area contributed by atoms with Crippen LogP contribution >= 0.6 is 12.6 Å². The average Bonchev–Trinajstić information content (AvgIpc) is 1.93. The van der Waals surface area contributed by atoms with Crippen LogP contribution in [0.4, 0.5) is 5.69 Å². The van der Waals surface area contributed by atoms with Crippen LogP contribution in [0.5, 0.6) is 0 Å². The van der Waals surface area contributed by atoms with E-state index in [9.17, 15) is 4.79 Å². The number of pyridine rings is 1. The number of nitrogens with one attached hydrogen (secondary N) is 1. The van der Waals surface area contributed by atoms with Gasteiger partial charge in [-0.1, -0.05) is 0 Å². The summed E-state index contributed by atoms with van der Waals surface area (Å²) in [6.45, 7) is 1.45. The van der Waals surface area contributed by atoms with Crippen molar-refractivity contribution in [1.29, 1.82) is 0 Å². The van der Waals surface area contributed by atoms with Crippen LogP contribution in [0.2, 0.25) is 0 Å². The summed E-state index contributed by atoms with van der Waals surface area (Å²) >= 11 is 4.10. The van der Waals surface area contributed by atoms with E-state index in [1.165, 1.54) is 6.92 Å². The number of hydrogen-bond acceptors (Lipinski definition) is 3. The molecule has 0 aromatic carbocycles. The summed E-state index contributed by atoms with van der Waals surface area (Å²) in [5, 5.41) is 2.62. The van der Waals surface area contributed by atoms with Crippen LogP contribution in [0.3, 0.4) is 0 Å². The molecule has 0 fully saturated rings. The normalized spacial score (nSPS) is 9.27. The molecule has 11 heavy (non-hydrogen) atoms. The Balaban J connectivity index is 2.86. The molecule has 0 aliphatic rings. The zero-order valence-corrected chi connectivity index (χ0v) is 6.93. The van der Waals surface area contributed by atoms with Gasteiger partial charge in [0, 0.05) is 24.2 Å². The molecule has 1 N–H and O–H groups in total. The first-order valence-electron chi connectivity index (χ1n) is 3.10. The number of anilines is 1. The molecule has 0 saturated carbocycles. The van der Waals surface area contributed by atoms with E-state index in [1.54, 1.807) is 18.5 Å². The van der Waals surface area contributed by atoms with Crippen LogP contribution < -0.4 is 5.32 Å². The fourth-order valence-corrected chi connectivity index (χ4v) is 0.879. The lowest BCUT2D eigenvalue weighted by Gasteiger charge is -2.02. The van der Waals surface area contributed by atoms with E-state index in [2.05, 4.69) is 22.9 Å². The monoisotopic (exact) mass is 168 g/mol. The van der Waals surface area contributed by atoms with Crippen LogP contribution in [0.25, 0.3) is 0 Å². The predicted molar refractivity (Wildman–Crippen MR) is 45.8 cm³/mol. The molecule has 1 aromatic heterocycles.